The van der Waals surface area contributed by atoms with Crippen LogP contribution >= 0.6 is 0 Å². The minimum absolute atomic E-state index is 0.0367. The maximum atomic E-state index is 12.6. The van der Waals surface area contributed by atoms with E-state index in [0.29, 0.717) is 0 Å². The number of amides is 1. The summed E-state index contributed by atoms with van der Waals surface area (Å²) in [5.74, 6) is -2.23. The number of benzene rings is 2. The summed E-state index contributed by atoms with van der Waals surface area (Å²) in [5, 5.41) is 2.39. The lowest BCUT2D eigenvalue weighted by molar-refractivity contribution is -0.137. The van der Waals surface area contributed by atoms with Gasteiger partial charge in [-0.25, -0.2) is 9.59 Å². The molecule has 9 heteroatoms. The highest BCUT2D eigenvalue weighted by Crippen LogP contribution is 2.29. The van der Waals surface area contributed by atoms with Gasteiger partial charge in [-0.15, -0.1) is 0 Å². The number of anilines is 1. The van der Waals surface area contributed by atoms with Crippen molar-refractivity contribution in [2.45, 2.75) is 6.18 Å². The first-order valence-corrected chi connectivity index (χ1v) is 7.46. The first-order chi connectivity index (χ1) is 12.7. The van der Waals surface area contributed by atoms with E-state index in [1.165, 1.54) is 18.2 Å². The van der Waals surface area contributed by atoms with Crippen molar-refractivity contribution in [3.8, 4) is 0 Å². The zero-order valence-electron chi connectivity index (χ0n) is 14.2. The molecule has 2 aromatic carbocycles. The van der Waals surface area contributed by atoms with Gasteiger partial charge in [0.25, 0.3) is 5.91 Å². The van der Waals surface area contributed by atoms with E-state index < -0.39 is 29.6 Å². The molecule has 0 saturated heterocycles. The van der Waals surface area contributed by atoms with Crippen LogP contribution in [-0.4, -0.2) is 32.1 Å². The SMILES string of the molecule is COC(=O)c1ccc(C(=O)OC)c(NC(=O)c2ccc(C(F)(F)F)cc2)c1. The second kappa shape index (κ2) is 7.90. The van der Waals surface area contributed by atoms with Crippen molar-refractivity contribution in [2.75, 3.05) is 19.5 Å². The zero-order chi connectivity index (χ0) is 20.2. The minimum atomic E-state index is -4.53. The van der Waals surface area contributed by atoms with Crippen LogP contribution in [0.1, 0.15) is 36.6 Å². The molecular formula is C18H14F3NO5. The van der Waals surface area contributed by atoms with Gasteiger partial charge in [0.1, 0.15) is 0 Å². The van der Waals surface area contributed by atoms with E-state index in [1.54, 1.807) is 0 Å². The van der Waals surface area contributed by atoms with Crippen molar-refractivity contribution >= 4 is 23.5 Å². The summed E-state index contributed by atoms with van der Waals surface area (Å²) in [5.41, 5.74) is -0.989. The van der Waals surface area contributed by atoms with Crippen molar-refractivity contribution in [3.63, 3.8) is 0 Å². The van der Waals surface area contributed by atoms with Gasteiger partial charge < -0.3 is 14.8 Å². The predicted molar refractivity (Wildman–Crippen MR) is 88.5 cm³/mol. The summed E-state index contributed by atoms with van der Waals surface area (Å²) in [4.78, 5) is 35.8. The number of hydrogen-bond donors (Lipinski definition) is 1. The van der Waals surface area contributed by atoms with Gasteiger partial charge in [0.05, 0.1) is 36.6 Å². The molecule has 0 bridgehead atoms. The molecule has 1 N–H and O–H groups in total. The van der Waals surface area contributed by atoms with Crippen LogP contribution in [0.4, 0.5) is 18.9 Å². The zero-order valence-corrected chi connectivity index (χ0v) is 14.2. The molecule has 2 rings (SSSR count). The molecule has 0 aliphatic heterocycles. The normalized spacial score (nSPS) is 10.9. The number of methoxy groups -OCH3 is 2. The van der Waals surface area contributed by atoms with Gasteiger partial charge in [0, 0.05) is 5.56 Å². The van der Waals surface area contributed by atoms with Gasteiger partial charge in [-0.05, 0) is 42.5 Å². The first-order valence-electron chi connectivity index (χ1n) is 7.46. The van der Waals surface area contributed by atoms with E-state index in [1.807, 2.05) is 0 Å². The fourth-order valence-electron chi connectivity index (χ4n) is 2.19. The summed E-state index contributed by atoms with van der Waals surface area (Å²) < 4.78 is 47.0. The molecule has 0 saturated carbocycles. The van der Waals surface area contributed by atoms with Gasteiger partial charge in [-0.3, -0.25) is 4.79 Å². The number of carbonyl (C=O) groups excluding carboxylic acids is 3. The summed E-state index contributed by atoms with van der Waals surface area (Å²) in [7, 11) is 2.30. The number of halogens is 3. The van der Waals surface area contributed by atoms with E-state index >= 15 is 0 Å². The lowest BCUT2D eigenvalue weighted by atomic mass is 10.1. The van der Waals surface area contributed by atoms with Gasteiger partial charge >= 0.3 is 18.1 Å². The number of esters is 2. The number of carbonyl (C=O) groups is 3. The second-order valence-corrected chi connectivity index (χ2v) is 5.27. The van der Waals surface area contributed by atoms with E-state index in [-0.39, 0.29) is 22.4 Å². The second-order valence-electron chi connectivity index (χ2n) is 5.27. The highest BCUT2D eigenvalue weighted by molar-refractivity contribution is 6.09. The lowest BCUT2D eigenvalue weighted by Crippen LogP contribution is -2.17. The molecule has 0 heterocycles. The lowest BCUT2D eigenvalue weighted by Gasteiger charge is -2.12. The van der Waals surface area contributed by atoms with Crippen LogP contribution in [0, 0.1) is 0 Å². The highest BCUT2D eigenvalue weighted by Gasteiger charge is 2.30. The van der Waals surface area contributed by atoms with Crippen LogP contribution in [0.5, 0.6) is 0 Å². The Kier molecular flexibility index (Phi) is 5.84. The molecule has 0 aliphatic rings. The number of nitrogens with one attached hydrogen (secondary N) is 1. The van der Waals surface area contributed by atoms with Crippen LogP contribution in [-0.2, 0) is 15.7 Å². The van der Waals surface area contributed by atoms with Crippen molar-refractivity contribution in [3.05, 3.63) is 64.7 Å². The Hall–Kier alpha value is -3.36. The standard InChI is InChI=1S/C18H14F3NO5/c1-26-16(24)11-5-8-13(17(25)27-2)14(9-11)22-15(23)10-3-6-12(7-4-10)18(19,20)21/h3-9H,1-2H3,(H,22,23). The molecule has 27 heavy (non-hydrogen) atoms. The fraction of sp³-hybridized carbons (Fsp3) is 0.167. The van der Waals surface area contributed by atoms with Gasteiger partial charge in [0.15, 0.2) is 0 Å². The number of rotatable bonds is 4. The van der Waals surface area contributed by atoms with E-state index in [0.717, 1.165) is 38.5 Å². The molecule has 0 fully saturated rings. The third kappa shape index (κ3) is 4.63. The van der Waals surface area contributed by atoms with Crippen LogP contribution in [0.3, 0.4) is 0 Å². The monoisotopic (exact) mass is 381 g/mol. The molecule has 0 aliphatic carbocycles. The maximum Gasteiger partial charge on any atom is 0.416 e. The largest absolute Gasteiger partial charge is 0.465 e. The van der Waals surface area contributed by atoms with Crippen LogP contribution in [0.25, 0.3) is 0 Å². The average Bonchev–Trinajstić information content (AvgIpc) is 2.66. The Balaban J connectivity index is 2.35. The molecule has 0 radical (unpaired) electrons. The molecule has 0 unspecified atom stereocenters. The van der Waals surface area contributed by atoms with Crippen LogP contribution in [0.2, 0.25) is 0 Å². The fourth-order valence-corrected chi connectivity index (χ4v) is 2.19. The Morgan fingerprint density at radius 1 is 0.852 bits per heavy atom. The van der Waals surface area contributed by atoms with Crippen molar-refractivity contribution in [1.29, 1.82) is 0 Å². The summed E-state index contributed by atoms with van der Waals surface area (Å²) >= 11 is 0. The van der Waals surface area contributed by atoms with Crippen molar-refractivity contribution in [1.82, 2.24) is 0 Å². The summed E-state index contributed by atoms with van der Waals surface area (Å²) in [6.07, 6.45) is -4.53. The average molecular weight is 381 g/mol. The highest BCUT2D eigenvalue weighted by atomic mass is 19.4. The molecule has 2 aromatic rings. The van der Waals surface area contributed by atoms with E-state index in [9.17, 15) is 27.6 Å². The van der Waals surface area contributed by atoms with E-state index in [4.69, 9.17) is 0 Å². The Morgan fingerprint density at radius 3 is 1.93 bits per heavy atom. The molecule has 0 spiro atoms. The van der Waals surface area contributed by atoms with Gasteiger partial charge in [-0.1, -0.05) is 0 Å². The minimum Gasteiger partial charge on any atom is -0.465 e. The Bertz CT molecular complexity index is 876. The van der Waals surface area contributed by atoms with Gasteiger partial charge in [-0.2, -0.15) is 13.2 Å². The number of alkyl halides is 3. The molecule has 0 atom stereocenters. The summed E-state index contributed by atoms with van der Waals surface area (Å²) in [6, 6.07) is 7.31. The third-order valence-electron chi connectivity index (χ3n) is 3.57. The molecule has 142 valence electrons. The molecular weight excluding hydrogens is 367 g/mol. The molecule has 6 nitrogen and oxygen atoms in total. The Morgan fingerprint density at radius 2 is 1.41 bits per heavy atom. The first kappa shape index (κ1) is 20.0. The quantitative estimate of drug-likeness (QED) is 0.820. The summed E-state index contributed by atoms with van der Waals surface area (Å²) in [6.45, 7) is 0. The van der Waals surface area contributed by atoms with Crippen LogP contribution < -0.4 is 5.32 Å². The molecule has 1 amide bonds. The van der Waals surface area contributed by atoms with Crippen molar-refractivity contribution < 1.29 is 37.0 Å². The molecule has 0 aromatic heterocycles. The number of hydrogen-bond acceptors (Lipinski definition) is 5. The third-order valence-corrected chi connectivity index (χ3v) is 3.57. The Labute approximate surface area is 151 Å². The van der Waals surface area contributed by atoms with Crippen molar-refractivity contribution in [2.24, 2.45) is 0 Å². The topological polar surface area (TPSA) is 81.7 Å². The van der Waals surface area contributed by atoms with Crippen LogP contribution in [0.15, 0.2) is 42.5 Å². The predicted octanol–water partition coefficient (Wildman–Crippen LogP) is 3.53. The maximum absolute atomic E-state index is 12.6. The smallest absolute Gasteiger partial charge is 0.416 e. The van der Waals surface area contributed by atoms with Gasteiger partial charge in [0.2, 0.25) is 0 Å². The van der Waals surface area contributed by atoms with E-state index in [2.05, 4.69) is 14.8 Å². The number of ether oxygens (including phenoxy) is 2.